The molecule has 3 rings (SSSR count). The SMILES string of the molecule is CC(=O)NCc1cc2c(c(-c3ccccc3C#N)c1)CN(C#N)C2. The number of fused-ring (bicyclic) bond motifs is 1. The zero-order valence-corrected chi connectivity index (χ0v) is 13.3. The second-order valence-electron chi connectivity index (χ2n) is 5.80. The Hall–Kier alpha value is -3.31. The van der Waals surface area contributed by atoms with E-state index in [9.17, 15) is 15.3 Å². The van der Waals surface area contributed by atoms with Crippen molar-refractivity contribution in [1.82, 2.24) is 10.2 Å². The van der Waals surface area contributed by atoms with Crippen LogP contribution in [0, 0.1) is 22.8 Å². The summed E-state index contributed by atoms with van der Waals surface area (Å²) in [5.74, 6) is -0.0897. The first-order chi connectivity index (χ1) is 11.6. The van der Waals surface area contributed by atoms with Gasteiger partial charge in [0.05, 0.1) is 24.7 Å². The molecule has 0 atom stereocenters. The van der Waals surface area contributed by atoms with Gasteiger partial charge in [0, 0.05) is 13.5 Å². The van der Waals surface area contributed by atoms with Gasteiger partial charge in [0.25, 0.3) is 0 Å². The quantitative estimate of drug-likeness (QED) is 0.883. The van der Waals surface area contributed by atoms with Crippen LogP contribution < -0.4 is 5.32 Å². The van der Waals surface area contributed by atoms with Gasteiger partial charge in [0.2, 0.25) is 5.91 Å². The molecule has 0 aliphatic carbocycles. The number of benzene rings is 2. The number of amides is 1. The minimum atomic E-state index is -0.0897. The Morgan fingerprint density at radius 3 is 2.71 bits per heavy atom. The summed E-state index contributed by atoms with van der Waals surface area (Å²) in [7, 11) is 0. The van der Waals surface area contributed by atoms with Gasteiger partial charge in [-0.05, 0) is 39.9 Å². The van der Waals surface area contributed by atoms with Crippen LogP contribution in [-0.2, 0) is 24.4 Å². The van der Waals surface area contributed by atoms with Crippen molar-refractivity contribution in [3.63, 3.8) is 0 Å². The molecule has 1 N–H and O–H groups in total. The largest absolute Gasteiger partial charge is 0.352 e. The lowest BCUT2D eigenvalue weighted by atomic mass is 9.92. The average molecular weight is 316 g/mol. The fourth-order valence-corrected chi connectivity index (χ4v) is 3.03. The summed E-state index contributed by atoms with van der Waals surface area (Å²) in [5, 5.41) is 21.4. The van der Waals surface area contributed by atoms with Crippen LogP contribution in [0.3, 0.4) is 0 Å². The zero-order valence-electron chi connectivity index (χ0n) is 13.3. The number of carbonyl (C=O) groups is 1. The van der Waals surface area contributed by atoms with E-state index in [-0.39, 0.29) is 5.91 Å². The van der Waals surface area contributed by atoms with Gasteiger partial charge in [-0.2, -0.15) is 10.5 Å². The molecule has 1 amide bonds. The molecule has 118 valence electrons. The van der Waals surface area contributed by atoms with Gasteiger partial charge in [-0.15, -0.1) is 0 Å². The molecule has 0 radical (unpaired) electrons. The number of rotatable bonds is 3. The normalized spacial score (nSPS) is 12.2. The van der Waals surface area contributed by atoms with Crippen molar-refractivity contribution in [2.45, 2.75) is 26.6 Å². The second kappa shape index (κ2) is 6.44. The summed E-state index contributed by atoms with van der Waals surface area (Å²) in [4.78, 5) is 12.9. The monoisotopic (exact) mass is 316 g/mol. The van der Waals surface area contributed by atoms with Gasteiger partial charge in [0.15, 0.2) is 6.19 Å². The van der Waals surface area contributed by atoms with E-state index in [1.54, 1.807) is 11.0 Å². The van der Waals surface area contributed by atoms with Crippen molar-refractivity contribution in [2.24, 2.45) is 0 Å². The van der Waals surface area contributed by atoms with Crippen LogP contribution in [0.2, 0.25) is 0 Å². The Labute approximate surface area is 140 Å². The third kappa shape index (κ3) is 2.93. The van der Waals surface area contributed by atoms with Crippen molar-refractivity contribution >= 4 is 5.91 Å². The number of nitriles is 2. The van der Waals surface area contributed by atoms with Gasteiger partial charge >= 0.3 is 0 Å². The minimum absolute atomic E-state index is 0.0897. The summed E-state index contributed by atoms with van der Waals surface area (Å²) in [6.07, 6.45) is 2.19. The lowest BCUT2D eigenvalue weighted by Gasteiger charge is -2.13. The van der Waals surface area contributed by atoms with E-state index >= 15 is 0 Å². The van der Waals surface area contributed by atoms with Gasteiger partial charge < -0.3 is 10.2 Å². The molecule has 2 aromatic carbocycles. The van der Waals surface area contributed by atoms with Crippen molar-refractivity contribution in [1.29, 1.82) is 10.5 Å². The van der Waals surface area contributed by atoms with E-state index in [0.717, 1.165) is 27.8 Å². The number of nitrogens with one attached hydrogen (secondary N) is 1. The molecule has 5 nitrogen and oxygen atoms in total. The van der Waals surface area contributed by atoms with E-state index in [4.69, 9.17) is 0 Å². The van der Waals surface area contributed by atoms with Gasteiger partial charge in [-0.25, -0.2) is 0 Å². The predicted octanol–water partition coefficient (Wildman–Crippen LogP) is 2.66. The maximum absolute atomic E-state index is 11.2. The first kappa shape index (κ1) is 15.6. The van der Waals surface area contributed by atoms with Crippen LogP contribution in [0.5, 0.6) is 0 Å². The van der Waals surface area contributed by atoms with E-state index in [1.165, 1.54) is 6.92 Å². The first-order valence-electron chi connectivity index (χ1n) is 7.65. The highest BCUT2D eigenvalue weighted by molar-refractivity contribution is 5.76. The molecule has 2 aromatic rings. The van der Waals surface area contributed by atoms with Crippen LogP contribution >= 0.6 is 0 Å². The number of carbonyl (C=O) groups excluding carboxylic acids is 1. The van der Waals surface area contributed by atoms with Gasteiger partial charge in [-0.1, -0.05) is 24.3 Å². The molecule has 24 heavy (non-hydrogen) atoms. The maximum atomic E-state index is 11.2. The molecule has 1 heterocycles. The molecule has 0 saturated heterocycles. The second-order valence-corrected chi connectivity index (χ2v) is 5.80. The van der Waals surface area contributed by atoms with Crippen molar-refractivity contribution in [3.8, 4) is 23.4 Å². The maximum Gasteiger partial charge on any atom is 0.217 e. The van der Waals surface area contributed by atoms with E-state index in [0.29, 0.717) is 25.2 Å². The van der Waals surface area contributed by atoms with Crippen LogP contribution in [0.4, 0.5) is 0 Å². The number of hydrogen-bond acceptors (Lipinski definition) is 4. The number of hydrogen-bond donors (Lipinski definition) is 1. The Kier molecular flexibility index (Phi) is 4.18. The summed E-state index contributed by atoms with van der Waals surface area (Å²) in [5.41, 5.74) is 5.54. The summed E-state index contributed by atoms with van der Waals surface area (Å²) in [6, 6.07) is 13.7. The van der Waals surface area contributed by atoms with Crippen molar-refractivity contribution in [3.05, 3.63) is 58.7 Å². The van der Waals surface area contributed by atoms with Crippen LogP contribution in [0.25, 0.3) is 11.1 Å². The lowest BCUT2D eigenvalue weighted by Crippen LogP contribution is -2.19. The zero-order chi connectivity index (χ0) is 17.1. The number of nitrogens with zero attached hydrogens (tertiary/aromatic N) is 3. The van der Waals surface area contributed by atoms with Gasteiger partial charge in [0.1, 0.15) is 0 Å². The Bertz CT molecular complexity index is 889. The highest BCUT2D eigenvalue weighted by Gasteiger charge is 2.23. The van der Waals surface area contributed by atoms with Crippen LogP contribution in [0.15, 0.2) is 36.4 Å². The van der Waals surface area contributed by atoms with Crippen LogP contribution in [-0.4, -0.2) is 10.8 Å². The first-order valence-corrected chi connectivity index (χ1v) is 7.65. The molecular weight excluding hydrogens is 300 g/mol. The fourth-order valence-electron chi connectivity index (χ4n) is 3.03. The third-order valence-electron chi connectivity index (χ3n) is 4.13. The summed E-state index contributed by atoms with van der Waals surface area (Å²) in [6.45, 7) is 3.01. The molecule has 0 spiro atoms. The van der Waals surface area contributed by atoms with E-state index in [1.807, 2.05) is 30.3 Å². The Morgan fingerprint density at radius 1 is 1.21 bits per heavy atom. The molecule has 0 bridgehead atoms. The smallest absolute Gasteiger partial charge is 0.217 e. The molecule has 0 fully saturated rings. The van der Waals surface area contributed by atoms with E-state index < -0.39 is 0 Å². The minimum Gasteiger partial charge on any atom is -0.352 e. The summed E-state index contributed by atoms with van der Waals surface area (Å²) >= 11 is 0. The fraction of sp³-hybridized carbons (Fsp3) is 0.211. The Balaban J connectivity index is 2.12. The standard InChI is InChI=1S/C19H16N4O/c1-13(24)22-9-14-6-16-10-23(12-21)11-19(16)18(7-14)17-5-3-2-4-15(17)8-20/h2-7H,9-11H2,1H3,(H,22,24). The van der Waals surface area contributed by atoms with Crippen LogP contribution in [0.1, 0.15) is 29.2 Å². The summed E-state index contributed by atoms with van der Waals surface area (Å²) < 4.78 is 0. The predicted molar refractivity (Wildman–Crippen MR) is 89.0 cm³/mol. The molecule has 1 aliphatic rings. The molecular formula is C19H16N4O. The lowest BCUT2D eigenvalue weighted by molar-refractivity contribution is -0.119. The molecule has 0 unspecified atom stereocenters. The topological polar surface area (TPSA) is 79.9 Å². The van der Waals surface area contributed by atoms with Crippen molar-refractivity contribution in [2.75, 3.05) is 0 Å². The molecule has 0 aromatic heterocycles. The average Bonchev–Trinajstić information content (AvgIpc) is 3.02. The third-order valence-corrected chi connectivity index (χ3v) is 4.13. The Morgan fingerprint density at radius 2 is 2.00 bits per heavy atom. The molecule has 1 aliphatic heterocycles. The molecule has 5 heteroatoms. The highest BCUT2D eigenvalue weighted by Crippen LogP contribution is 2.35. The van der Waals surface area contributed by atoms with E-state index in [2.05, 4.69) is 17.6 Å². The van der Waals surface area contributed by atoms with Crippen molar-refractivity contribution < 1.29 is 4.79 Å². The van der Waals surface area contributed by atoms with Gasteiger partial charge in [-0.3, -0.25) is 4.79 Å². The molecule has 0 saturated carbocycles. The highest BCUT2D eigenvalue weighted by atomic mass is 16.1.